The molecule has 0 amide bonds. The second-order valence-electron chi connectivity index (χ2n) is 4.91. The van der Waals surface area contributed by atoms with Gasteiger partial charge in [0.2, 0.25) is 0 Å². The van der Waals surface area contributed by atoms with Crippen LogP contribution in [0.1, 0.15) is 29.9 Å². The van der Waals surface area contributed by atoms with Crippen molar-refractivity contribution in [1.82, 2.24) is 5.32 Å². The summed E-state index contributed by atoms with van der Waals surface area (Å²) < 4.78 is 10.6. The van der Waals surface area contributed by atoms with Gasteiger partial charge in [-0.2, -0.15) is 0 Å². The van der Waals surface area contributed by atoms with Gasteiger partial charge < -0.3 is 14.8 Å². The van der Waals surface area contributed by atoms with Crippen LogP contribution in [0.4, 0.5) is 0 Å². The van der Waals surface area contributed by atoms with Gasteiger partial charge in [0.05, 0.1) is 0 Å². The molecule has 0 aliphatic heterocycles. The first-order chi connectivity index (χ1) is 9.27. The van der Waals surface area contributed by atoms with Gasteiger partial charge >= 0.3 is 0 Å². The molecule has 0 aliphatic rings. The molecule has 1 aromatic rings. The van der Waals surface area contributed by atoms with Crippen LogP contribution in [0.5, 0.6) is 0 Å². The first kappa shape index (κ1) is 16.2. The topological polar surface area (TPSA) is 30.5 Å². The lowest BCUT2D eigenvalue weighted by Gasteiger charge is -2.17. The Morgan fingerprint density at radius 1 is 1.11 bits per heavy atom. The molecule has 0 radical (unpaired) electrons. The molecule has 1 N–H and O–H groups in total. The lowest BCUT2D eigenvalue weighted by Crippen LogP contribution is -2.19. The van der Waals surface area contributed by atoms with Crippen molar-refractivity contribution in [1.29, 1.82) is 0 Å². The minimum absolute atomic E-state index is 0.521. The number of nitrogens with one attached hydrogen (secondary N) is 1. The van der Waals surface area contributed by atoms with E-state index in [2.05, 4.69) is 36.5 Å². The van der Waals surface area contributed by atoms with Gasteiger partial charge in [0.25, 0.3) is 0 Å². The highest BCUT2D eigenvalue weighted by Crippen LogP contribution is 2.19. The Bertz CT molecular complexity index is 324. The maximum Gasteiger partial charge on any atom is 0.0487 e. The number of methoxy groups -OCH3 is 1. The summed E-state index contributed by atoms with van der Waals surface area (Å²) in [5.74, 6) is 0.521. The monoisotopic (exact) mass is 265 g/mol. The molecular formula is C16H27NO2. The number of hydrogen-bond acceptors (Lipinski definition) is 3. The molecule has 0 aliphatic carbocycles. The third kappa shape index (κ3) is 6.71. The number of hydrogen-bond donors (Lipinski definition) is 1. The smallest absolute Gasteiger partial charge is 0.0487 e. The molecule has 0 spiro atoms. The highest BCUT2D eigenvalue weighted by molar-refractivity contribution is 5.24. The fourth-order valence-electron chi connectivity index (χ4n) is 2.10. The van der Waals surface area contributed by atoms with E-state index in [9.17, 15) is 0 Å². The fraction of sp³-hybridized carbons (Fsp3) is 0.625. The van der Waals surface area contributed by atoms with Gasteiger partial charge in [-0.3, -0.25) is 0 Å². The summed E-state index contributed by atoms with van der Waals surface area (Å²) in [6.07, 6.45) is 2.02. The molecule has 1 unspecified atom stereocenters. The van der Waals surface area contributed by atoms with Crippen molar-refractivity contribution in [2.45, 2.75) is 25.7 Å². The van der Waals surface area contributed by atoms with Crippen LogP contribution in [0.25, 0.3) is 0 Å². The van der Waals surface area contributed by atoms with E-state index in [0.717, 1.165) is 39.2 Å². The standard InChI is InChI=1S/C16H27NO2/c1-14-5-7-15(8-6-14)16(13-17-2)9-12-19-11-4-10-18-3/h5-8,16-17H,4,9-13H2,1-3H3. The van der Waals surface area contributed by atoms with Crippen molar-refractivity contribution in [2.75, 3.05) is 40.5 Å². The van der Waals surface area contributed by atoms with Crippen molar-refractivity contribution in [2.24, 2.45) is 0 Å². The second-order valence-corrected chi connectivity index (χ2v) is 4.91. The summed E-state index contributed by atoms with van der Waals surface area (Å²) >= 11 is 0. The van der Waals surface area contributed by atoms with E-state index >= 15 is 0 Å². The zero-order valence-corrected chi connectivity index (χ0v) is 12.4. The minimum atomic E-state index is 0.521. The third-order valence-corrected chi connectivity index (χ3v) is 3.25. The summed E-state index contributed by atoms with van der Waals surface area (Å²) in [5, 5.41) is 3.27. The molecule has 0 saturated heterocycles. The Morgan fingerprint density at radius 3 is 2.47 bits per heavy atom. The van der Waals surface area contributed by atoms with E-state index in [1.165, 1.54) is 11.1 Å². The van der Waals surface area contributed by atoms with Crippen molar-refractivity contribution >= 4 is 0 Å². The van der Waals surface area contributed by atoms with Crippen LogP contribution in [0.15, 0.2) is 24.3 Å². The largest absolute Gasteiger partial charge is 0.385 e. The molecule has 108 valence electrons. The molecule has 3 nitrogen and oxygen atoms in total. The molecule has 0 bridgehead atoms. The van der Waals surface area contributed by atoms with Gasteiger partial charge in [-0.1, -0.05) is 29.8 Å². The average Bonchev–Trinajstić information content (AvgIpc) is 2.42. The first-order valence-corrected chi connectivity index (χ1v) is 7.05. The molecule has 19 heavy (non-hydrogen) atoms. The summed E-state index contributed by atoms with van der Waals surface area (Å²) in [7, 11) is 3.72. The van der Waals surface area contributed by atoms with E-state index in [-0.39, 0.29) is 0 Å². The maximum absolute atomic E-state index is 5.65. The predicted octanol–water partition coefficient (Wildman–Crippen LogP) is 2.74. The predicted molar refractivity (Wildman–Crippen MR) is 79.8 cm³/mol. The third-order valence-electron chi connectivity index (χ3n) is 3.25. The maximum atomic E-state index is 5.65. The summed E-state index contributed by atoms with van der Waals surface area (Å²) in [6, 6.07) is 8.80. The summed E-state index contributed by atoms with van der Waals surface area (Å²) in [6.45, 7) is 5.48. The highest BCUT2D eigenvalue weighted by Gasteiger charge is 2.10. The highest BCUT2D eigenvalue weighted by atomic mass is 16.5. The van der Waals surface area contributed by atoms with Crippen LogP contribution in [-0.4, -0.2) is 40.5 Å². The van der Waals surface area contributed by atoms with Crippen molar-refractivity contribution in [3.8, 4) is 0 Å². The van der Waals surface area contributed by atoms with Crippen molar-refractivity contribution < 1.29 is 9.47 Å². The Morgan fingerprint density at radius 2 is 1.84 bits per heavy atom. The van der Waals surface area contributed by atoms with E-state index in [1.807, 2.05) is 7.05 Å². The van der Waals surface area contributed by atoms with Crippen LogP contribution < -0.4 is 5.32 Å². The number of aryl methyl sites for hydroxylation is 1. The Balaban J connectivity index is 2.34. The molecule has 0 fully saturated rings. The fourth-order valence-corrected chi connectivity index (χ4v) is 2.10. The van der Waals surface area contributed by atoms with Crippen LogP contribution >= 0.6 is 0 Å². The van der Waals surface area contributed by atoms with Gasteiger partial charge in [-0.05, 0) is 38.3 Å². The van der Waals surface area contributed by atoms with Crippen LogP contribution in [0.2, 0.25) is 0 Å². The molecule has 1 rings (SSSR count). The second kappa shape index (κ2) is 9.96. The number of likely N-dealkylation sites (N-methyl/N-ethyl adjacent to an activating group) is 1. The minimum Gasteiger partial charge on any atom is -0.385 e. The van der Waals surface area contributed by atoms with Crippen LogP contribution in [0.3, 0.4) is 0 Å². The zero-order chi connectivity index (χ0) is 13.9. The summed E-state index contributed by atoms with van der Waals surface area (Å²) in [5.41, 5.74) is 2.70. The quantitative estimate of drug-likeness (QED) is 0.660. The molecule has 0 heterocycles. The van der Waals surface area contributed by atoms with E-state index in [4.69, 9.17) is 9.47 Å². The number of ether oxygens (including phenoxy) is 2. The van der Waals surface area contributed by atoms with Crippen molar-refractivity contribution in [3.63, 3.8) is 0 Å². The molecular weight excluding hydrogens is 238 g/mol. The number of benzene rings is 1. The van der Waals surface area contributed by atoms with Crippen molar-refractivity contribution in [3.05, 3.63) is 35.4 Å². The van der Waals surface area contributed by atoms with Gasteiger partial charge in [0.1, 0.15) is 0 Å². The SMILES string of the molecule is CNCC(CCOCCCOC)c1ccc(C)cc1. The van der Waals surface area contributed by atoms with Crippen LogP contribution in [0, 0.1) is 6.92 Å². The van der Waals surface area contributed by atoms with Gasteiger partial charge in [-0.25, -0.2) is 0 Å². The average molecular weight is 265 g/mol. The molecule has 0 aromatic heterocycles. The van der Waals surface area contributed by atoms with E-state index < -0.39 is 0 Å². The Labute approximate surface area is 117 Å². The summed E-state index contributed by atoms with van der Waals surface area (Å²) in [4.78, 5) is 0. The molecule has 1 aromatic carbocycles. The number of rotatable bonds is 10. The van der Waals surface area contributed by atoms with Gasteiger partial charge in [0.15, 0.2) is 0 Å². The molecule has 0 saturated carbocycles. The Kier molecular flexibility index (Phi) is 8.47. The Hall–Kier alpha value is -0.900. The lowest BCUT2D eigenvalue weighted by atomic mass is 9.95. The molecule has 3 heteroatoms. The van der Waals surface area contributed by atoms with Gasteiger partial charge in [0, 0.05) is 33.5 Å². The molecule has 1 atom stereocenters. The first-order valence-electron chi connectivity index (χ1n) is 7.05. The van der Waals surface area contributed by atoms with Crippen LogP contribution in [-0.2, 0) is 9.47 Å². The zero-order valence-electron chi connectivity index (χ0n) is 12.4. The normalized spacial score (nSPS) is 12.6. The van der Waals surface area contributed by atoms with Gasteiger partial charge in [-0.15, -0.1) is 0 Å². The van der Waals surface area contributed by atoms with E-state index in [1.54, 1.807) is 7.11 Å². The van der Waals surface area contributed by atoms with E-state index in [0.29, 0.717) is 5.92 Å². The lowest BCUT2D eigenvalue weighted by molar-refractivity contribution is 0.0981.